The van der Waals surface area contributed by atoms with Gasteiger partial charge in [0, 0.05) is 6.54 Å². The molecule has 0 saturated heterocycles. The fourth-order valence-electron chi connectivity index (χ4n) is 1.58. The molecule has 3 nitrogen and oxygen atoms in total. The van der Waals surface area contributed by atoms with Crippen LogP contribution in [0.15, 0.2) is 36.4 Å². The molecule has 0 bridgehead atoms. The summed E-state index contributed by atoms with van der Waals surface area (Å²) in [6, 6.07) is 9.68. The summed E-state index contributed by atoms with van der Waals surface area (Å²) >= 11 is 5.88. The molecular formula is C14H14ClFN2O. The molecule has 0 aliphatic heterocycles. The number of anilines is 1. The second-order valence-electron chi connectivity index (χ2n) is 3.91. The van der Waals surface area contributed by atoms with Crippen molar-refractivity contribution in [3.8, 4) is 5.75 Å². The first-order chi connectivity index (χ1) is 9.19. The van der Waals surface area contributed by atoms with Gasteiger partial charge >= 0.3 is 0 Å². The van der Waals surface area contributed by atoms with Gasteiger partial charge in [-0.25, -0.2) is 9.37 Å². The molecule has 0 spiro atoms. The van der Waals surface area contributed by atoms with E-state index in [0.29, 0.717) is 5.75 Å². The summed E-state index contributed by atoms with van der Waals surface area (Å²) in [4.78, 5) is 4.37. The minimum atomic E-state index is -0.385. The zero-order valence-electron chi connectivity index (χ0n) is 10.5. The Morgan fingerprint density at radius 3 is 2.89 bits per heavy atom. The Balaban J connectivity index is 2.03. The average molecular weight is 281 g/mol. The number of benzene rings is 1. The molecule has 100 valence electrons. The second-order valence-corrected chi connectivity index (χ2v) is 4.32. The third kappa shape index (κ3) is 3.83. The number of ether oxygens (including phenoxy) is 1. The van der Waals surface area contributed by atoms with Gasteiger partial charge in [0.05, 0.1) is 10.7 Å². The fraction of sp³-hybridized carbons (Fsp3) is 0.214. The lowest BCUT2D eigenvalue weighted by Crippen LogP contribution is -2.03. The number of pyridine rings is 1. The van der Waals surface area contributed by atoms with E-state index in [9.17, 15) is 4.39 Å². The van der Waals surface area contributed by atoms with Crippen molar-refractivity contribution < 1.29 is 9.13 Å². The lowest BCUT2D eigenvalue weighted by molar-refractivity contribution is 0.301. The zero-order valence-corrected chi connectivity index (χ0v) is 11.2. The summed E-state index contributed by atoms with van der Waals surface area (Å²) in [5.74, 6) is 0.858. The van der Waals surface area contributed by atoms with Crippen LogP contribution in [-0.4, -0.2) is 11.5 Å². The summed E-state index contributed by atoms with van der Waals surface area (Å²) in [7, 11) is 0. The van der Waals surface area contributed by atoms with Crippen LogP contribution in [0.2, 0.25) is 5.02 Å². The van der Waals surface area contributed by atoms with Crippen molar-refractivity contribution in [1.29, 1.82) is 0 Å². The molecule has 0 saturated carbocycles. The van der Waals surface area contributed by atoms with Gasteiger partial charge in [-0.15, -0.1) is 0 Å². The van der Waals surface area contributed by atoms with Gasteiger partial charge in [-0.3, -0.25) is 0 Å². The molecule has 2 aromatic rings. The summed E-state index contributed by atoms with van der Waals surface area (Å²) in [5, 5.41) is 3.38. The highest BCUT2D eigenvalue weighted by Crippen LogP contribution is 2.25. The van der Waals surface area contributed by atoms with Crippen molar-refractivity contribution >= 4 is 17.4 Å². The zero-order chi connectivity index (χ0) is 13.7. The SMILES string of the molecule is CCNc1cccc(COc2ccc(F)cc2Cl)n1. The van der Waals surface area contributed by atoms with E-state index in [1.54, 1.807) is 0 Å². The lowest BCUT2D eigenvalue weighted by atomic mass is 10.3. The number of halogens is 2. The van der Waals surface area contributed by atoms with Crippen LogP contribution in [0.5, 0.6) is 5.75 Å². The van der Waals surface area contributed by atoms with E-state index in [1.165, 1.54) is 18.2 Å². The van der Waals surface area contributed by atoms with E-state index in [4.69, 9.17) is 16.3 Å². The van der Waals surface area contributed by atoms with Crippen LogP contribution in [0.3, 0.4) is 0 Å². The molecule has 0 fully saturated rings. The first kappa shape index (κ1) is 13.6. The first-order valence-corrected chi connectivity index (χ1v) is 6.34. The maximum atomic E-state index is 12.9. The van der Waals surface area contributed by atoms with Crippen molar-refractivity contribution in [1.82, 2.24) is 4.98 Å². The summed E-state index contributed by atoms with van der Waals surface area (Å²) in [6.07, 6.45) is 0. The molecule has 1 aromatic heterocycles. The molecule has 1 N–H and O–H groups in total. The predicted octanol–water partition coefficient (Wildman–Crippen LogP) is 3.88. The van der Waals surface area contributed by atoms with Crippen molar-refractivity contribution in [3.05, 3.63) is 52.9 Å². The standard InChI is InChI=1S/C14H14ClFN2O/c1-2-17-14-5-3-4-11(18-14)9-19-13-7-6-10(16)8-12(13)15/h3-8H,2,9H2,1H3,(H,17,18). The molecule has 0 radical (unpaired) electrons. The molecule has 5 heteroatoms. The summed E-state index contributed by atoms with van der Waals surface area (Å²) < 4.78 is 18.4. The van der Waals surface area contributed by atoms with Gasteiger partial charge in [-0.05, 0) is 37.3 Å². The molecule has 2 rings (SSSR count). The quantitative estimate of drug-likeness (QED) is 0.902. The van der Waals surface area contributed by atoms with Gasteiger partial charge in [-0.2, -0.15) is 0 Å². The van der Waals surface area contributed by atoms with Gasteiger partial charge in [0.15, 0.2) is 0 Å². The van der Waals surface area contributed by atoms with Gasteiger partial charge in [0.1, 0.15) is 24.0 Å². The van der Waals surface area contributed by atoms with Crippen LogP contribution < -0.4 is 10.1 Å². The highest BCUT2D eigenvalue weighted by molar-refractivity contribution is 6.32. The number of nitrogens with one attached hydrogen (secondary N) is 1. The minimum Gasteiger partial charge on any atom is -0.486 e. The van der Waals surface area contributed by atoms with Crippen molar-refractivity contribution in [2.24, 2.45) is 0 Å². The topological polar surface area (TPSA) is 34.1 Å². The van der Waals surface area contributed by atoms with E-state index in [0.717, 1.165) is 18.1 Å². The third-order valence-electron chi connectivity index (χ3n) is 2.43. The van der Waals surface area contributed by atoms with Crippen LogP contribution in [0.4, 0.5) is 10.2 Å². The number of aromatic nitrogens is 1. The van der Waals surface area contributed by atoms with Gasteiger partial charge < -0.3 is 10.1 Å². The van der Waals surface area contributed by atoms with Crippen LogP contribution in [0.1, 0.15) is 12.6 Å². The van der Waals surface area contributed by atoms with Crippen molar-refractivity contribution in [2.45, 2.75) is 13.5 Å². The fourth-order valence-corrected chi connectivity index (χ4v) is 1.81. The molecular weight excluding hydrogens is 267 g/mol. The van der Waals surface area contributed by atoms with Gasteiger partial charge in [-0.1, -0.05) is 17.7 Å². The Morgan fingerprint density at radius 2 is 2.16 bits per heavy atom. The molecule has 1 heterocycles. The van der Waals surface area contributed by atoms with Crippen LogP contribution in [0.25, 0.3) is 0 Å². The van der Waals surface area contributed by atoms with E-state index >= 15 is 0 Å². The molecule has 0 amide bonds. The first-order valence-electron chi connectivity index (χ1n) is 5.96. The monoisotopic (exact) mass is 280 g/mol. The molecule has 19 heavy (non-hydrogen) atoms. The maximum absolute atomic E-state index is 12.9. The van der Waals surface area contributed by atoms with Crippen LogP contribution in [-0.2, 0) is 6.61 Å². The predicted molar refractivity (Wildman–Crippen MR) is 74.1 cm³/mol. The summed E-state index contributed by atoms with van der Waals surface area (Å²) in [5.41, 5.74) is 0.777. The minimum absolute atomic E-state index is 0.253. The molecule has 1 aromatic carbocycles. The average Bonchev–Trinajstić information content (AvgIpc) is 2.38. The molecule has 0 aliphatic carbocycles. The normalized spacial score (nSPS) is 10.3. The van der Waals surface area contributed by atoms with E-state index in [2.05, 4.69) is 10.3 Å². The molecule has 0 unspecified atom stereocenters. The Morgan fingerprint density at radius 1 is 1.32 bits per heavy atom. The highest BCUT2D eigenvalue weighted by atomic mass is 35.5. The van der Waals surface area contributed by atoms with Crippen molar-refractivity contribution in [2.75, 3.05) is 11.9 Å². The van der Waals surface area contributed by atoms with E-state index in [-0.39, 0.29) is 17.4 Å². The highest BCUT2D eigenvalue weighted by Gasteiger charge is 2.04. The Bertz CT molecular complexity index is 563. The Kier molecular flexibility index (Phi) is 4.58. The number of nitrogens with zero attached hydrogens (tertiary/aromatic N) is 1. The van der Waals surface area contributed by atoms with E-state index < -0.39 is 0 Å². The third-order valence-corrected chi connectivity index (χ3v) is 2.73. The van der Waals surface area contributed by atoms with Gasteiger partial charge in [0.25, 0.3) is 0 Å². The van der Waals surface area contributed by atoms with Crippen LogP contribution >= 0.6 is 11.6 Å². The number of hydrogen-bond acceptors (Lipinski definition) is 3. The van der Waals surface area contributed by atoms with Crippen LogP contribution in [0, 0.1) is 5.82 Å². The maximum Gasteiger partial charge on any atom is 0.138 e. The Hall–Kier alpha value is -1.81. The second kappa shape index (κ2) is 6.38. The Labute approximate surface area is 116 Å². The smallest absolute Gasteiger partial charge is 0.138 e. The van der Waals surface area contributed by atoms with E-state index in [1.807, 2.05) is 25.1 Å². The lowest BCUT2D eigenvalue weighted by Gasteiger charge is -2.09. The molecule has 0 aliphatic rings. The number of rotatable bonds is 5. The largest absolute Gasteiger partial charge is 0.486 e. The molecule has 0 atom stereocenters. The van der Waals surface area contributed by atoms with Crippen molar-refractivity contribution in [3.63, 3.8) is 0 Å². The summed E-state index contributed by atoms with van der Waals surface area (Å²) in [6.45, 7) is 3.09. The van der Waals surface area contributed by atoms with Gasteiger partial charge in [0.2, 0.25) is 0 Å². The number of hydrogen-bond donors (Lipinski definition) is 1.